The number of likely N-dealkylation sites (tertiary alicyclic amines) is 1. The molecule has 104 valence electrons. The van der Waals surface area contributed by atoms with E-state index in [-0.39, 0.29) is 5.54 Å². The van der Waals surface area contributed by atoms with E-state index in [1.165, 1.54) is 38.8 Å². The van der Waals surface area contributed by atoms with E-state index in [4.69, 9.17) is 6.42 Å². The van der Waals surface area contributed by atoms with Crippen LogP contribution in [-0.4, -0.2) is 36.1 Å². The third-order valence-corrected chi connectivity index (χ3v) is 4.51. The molecule has 18 heavy (non-hydrogen) atoms. The van der Waals surface area contributed by atoms with E-state index in [2.05, 4.69) is 36.9 Å². The molecule has 0 aliphatic carbocycles. The monoisotopic (exact) mass is 250 g/mol. The van der Waals surface area contributed by atoms with Gasteiger partial charge in [-0.3, -0.25) is 4.90 Å². The van der Waals surface area contributed by atoms with Crippen LogP contribution < -0.4 is 5.32 Å². The fourth-order valence-electron chi connectivity index (χ4n) is 3.04. The van der Waals surface area contributed by atoms with Crippen molar-refractivity contribution in [3.8, 4) is 12.3 Å². The Bertz CT molecular complexity index is 263. The van der Waals surface area contributed by atoms with Gasteiger partial charge in [0, 0.05) is 18.0 Å². The number of rotatable bonds is 7. The highest BCUT2D eigenvalue weighted by atomic mass is 15.2. The highest BCUT2D eigenvalue weighted by molar-refractivity contribution is 5.03. The Hall–Kier alpha value is -0.520. The molecule has 0 aromatic carbocycles. The predicted molar refractivity (Wildman–Crippen MR) is 79.7 cm³/mol. The molecular weight excluding hydrogens is 220 g/mol. The Kier molecular flexibility index (Phi) is 6.75. The first-order valence-corrected chi connectivity index (χ1v) is 7.61. The van der Waals surface area contributed by atoms with Crippen molar-refractivity contribution in [3.05, 3.63) is 0 Å². The second-order valence-corrected chi connectivity index (χ2v) is 5.67. The Morgan fingerprint density at radius 3 is 2.44 bits per heavy atom. The molecule has 1 N–H and O–H groups in total. The molecule has 0 spiro atoms. The molecule has 2 nitrogen and oxygen atoms in total. The van der Waals surface area contributed by atoms with Gasteiger partial charge in [-0.1, -0.05) is 20.3 Å². The lowest BCUT2D eigenvalue weighted by Crippen LogP contribution is -2.60. The Morgan fingerprint density at radius 2 is 1.94 bits per heavy atom. The van der Waals surface area contributed by atoms with Crippen molar-refractivity contribution in [1.82, 2.24) is 10.2 Å². The summed E-state index contributed by atoms with van der Waals surface area (Å²) >= 11 is 0. The molecule has 2 unspecified atom stereocenters. The standard InChI is InChI=1S/C16H30N2/c1-5-11-15(17-12-6-2)16(4,7-3)18-13-9-8-10-14-18/h1,15,17H,6-14H2,2-4H3. The number of hydrogen-bond donors (Lipinski definition) is 1. The Balaban J connectivity index is 2.75. The number of nitrogens with one attached hydrogen (secondary N) is 1. The van der Waals surface area contributed by atoms with Crippen LogP contribution in [0.3, 0.4) is 0 Å². The summed E-state index contributed by atoms with van der Waals surface area (Å²) < 4.78 is 0. The maximum atomic E-state index is 5.57. The van der Waals surface area contributed by atoms with Crippen LogP contribution in [0.2, 0.25) is 0 Å². The third kappa shape index (κ3) is 3.73. The van der Waals surface area contributed by atoms with Crippen LogP contribution in [0.4, 0.5) is 0 Å². The zero-order valence-corrected chi connectivity index (χ0v) is 12.5. The fraction of sp³-hybridized carbons (Fsp3) is 0.875. The molecule has 1 rings (SSSR count). The summed E-state index contributed by atoms with van der Waals surface area (Å²) in [7, 11) is 0. The molecule has 0 aromatic heterocycles. The van der Waals surface area contributed by atoms with Gasteiger partial charge >= 0.3 is 0 Å². The average Bonchev–Trinajstić information content (AvgIpc) is 2.43. The van der Waals surface area contributed by atoms with Gasteiger partial charge in [0.2, 0.25) is 0 Å². The summed E-state index contributed by atoms with van der Waals surface area (Å²) in [4.78, 5) is 2.67. The Morgan fingerprint density at radius 1 is 1.28 bits per heavy atom. The van der Waals surface area contributed by atoms with E-state index in [0.29, 0.717) is 6.04 Å². The molecule has 0 bridgehead atoms. The largest absolute Gasteiger partial charge is 0.311 e. The summed E-state index contributed by atoms with van der Waals surface area (Å²) in [6.45, 7) is 10.4. The fourth-order valence-corrected chi connectivity index (χ4v) is 3.04. The summed E-state index contributed by atoms with van der Waals surface area (Å²) in [5.41, 5.74) is 0.210. The molecule has 0 saturated carbocycles. The first kappa shape index (κ1) is 15.5. The van der Waals surface area contributed by atoms with Crippen LogP contribution in [0.25, 0.3) is 0 Å². The number of hydrogen-bond acceptors (Lipinski definition) is 2. The van der Waals surface area contributed by atoms with E-state index in [1.54, 1.807) is 0 Å². The van der Waals surface area contributed by atoms with Crippen LogP contribution in [0.1, 0.15) is 59.3 Å². The summed E-state index contributed by atoms with van der Waals surface area (Å²) in [6.07, 6.45) is 12.8. The van der Waals surface area contributed by atoms with Crippen molar-refractivity contribution in [3.63, 3.8) is 0 Å². The lowest BCUT2D eigenvalue weighted by molar-refractivity contribution is 0.0444. The van der Waals surface area contributed by atoms with Crippen molar-refractivity contribution in [2.24, 2.45) is 0 Å². The summed E-state index contributed by atoms with van der Waals surface area (Å²) in [6, 6.07) is 0.422. The van der Waals surface area contributed by atoms with Crippen LogP contribution in [-0.2, 0) is 0 Å². The molecule has 1 aliphatic rings. The molecule has 2 atom stereocenters. The van der Waals surface area contributed by atoms with E-state index in [9.17, 15) is 0 Å². The Labute approximate surface area is 114 Å². The van der Waals surface area contributed by atoms with Gasteiger partial charge in [0.15, 0.2) is 0 Å². The lowest BCUT2D eigenvalue weighted by Gasteiger charge is -2.48. The van der Waals surface area contributed by atoms with E-state index >= 15 is 0 Å². The minimum Gasteiger partial charge on any atom is -0.311 e. The molecule has 0 radical (unpaired) electrons. The van der Waals surface area contributed by atoms with Crippen LogP contribution in [0.15, 0.2) is 0 Å². The highest BCUT2D eigenvalue weighted by Crippen LogP contribution is 2.28. The van der Waals surface area contributed by atoms with Crippen molar-refractivity contribution < 1.29 is 0 Å². The number of nitrogens with zero attached hydrogens (tertiary/aromatic N) is 1. The van der Waals surface area contributed by atoms with Crippen LogP contribution in [0, 0.1) is 12.3 Å². The summed E-state index contributed by atoms with van der Waals surface area (Å²) in [5.74, 6) is 2.87. The first-order valence-electron chi connectivity index (χ1n) is 7.61. The van der Waals surface area contributed by atoms with Gasteiger partial charge in [-0.25, -0.2) is 0 Å². The smallest absolute Gasteiger partial charge is 0.0359 e. The molecule has 1 heterocycles. The topological polar surface area (TPSA) is 15.3 Å². The number of piperidine rings is 1. The summed E-state index contributed by atoms with van der Waals surface area (Å²) in [5, 5.41) is 3.67. The zero-order valence-electron chi connectivity index (χ0n) is 12.5. The maximum Gasteiger partial charge on any atom is 0.0359 e. The third-order valence-electron chi connectivity index (χ3n) is 4.51. The molecule has 0 amide bonds. The minimum absolute atomic E-state index is 0.210. The first-order chi connectivity index (χ1) is 8.69. The highest BCUT2D eigenvalue weighted by Gasteiger charge is 2.37. The molecule has 0 aromatic rings. The minimum atomic E-state index is 0.210. The molecule has 1 aliphatic heterocycles. The number of terminal acetylenes is 1. The SMILES string of the molecule is C#CCC(NCCC)C(C)(CC)N1CCCCC1. The maximum absolute atomic E-state index is 5.57. The average molecular weight is 250 g/mol. The van der Waals surface area contributed by atoms with Gasteiger partial charge in [-0.2, -0.15) is 0 Å². The van der Waals surface area contributed by atoms with E-state index in [1.807, 2.05) is 0 Å². The van der Waals surface area contributed by atoms with Gasteiger partial charge in [0.05, 0.1) is 0 Å². The van der Waals surface area contributed by atoms with E-state index in [0.717, 1.165) is 19.4 Å². The van der Waals surface area contributed by atoms with Gasteiger partial charge in [0.1, 0.15) is 0 Å². The molecular formula is C16H30N2. The van der Waals surface area contributed by atoms with Gasteiger partial charge < -0.3 is 5.32 Å². The molecule has 2 heteroatoms. The second-order valence-electron chi connectivity index (χ2n) is 5.67. The van der Waals surface area contributed by atoms with Crippen molar-refractivity contribution in [1.29, 1.82) is 0 Å². The molecule has 1 fully saturated rings. The quantitative estimate of drug-likeness (QED) is 0.699. The van der Waals surface area contributed by atoms with Gasteiger partial charge in [-0.15, -0.1) is 12.3 Å². The van der Waals surface area contributed by atoms with Crippen molar-refractivity contribution in [2.45, 2.75) is 70.9 Å². The van der Waals surface area contributed by atoms with Crippen LogP contribution in [0.5, 0.6) is 0 Å². The van der Waals surface area contributed by atoms with E-state index < -0.39 is 0 Å². The van der Waals surface area contributed by atoms with Gasteiger partial charge in [-0.05, 0) is 52.2 Å². The van der Waals surface area contributed by atoms with Crippen LogP contribution >= 0.6 is 0 Å². The zero-order chi connectivity index (χ0) is 13.4. The molecule has 1 saturated heterocycles. The lowest BCUT2D eigenvalue weighted by atomic mass is 9.84. The second kappa shape index (κ2) is 7.81. The van der Waals surface area contributed by atoms with Gasteiger partial charge in [0.25, 0.3) is 0 Å². The van der Waals surface area contributed by atoms with Crippen molar-refractivity contribution in [2.75, 3.05) is 19.6 Å². The van der Waals surface area contributed by atoms with Crippen molar-refractivity contribution >= 4 is 0 Å². The predicted octanol–water partition coefficient (Wildman–Crippen LogP) is 3.03. The normalized spacial score (nSPS) is 22.1.